The van der Waals surface area contributed by atoms with E-state index < -0.39 is 0 Å². The van der Waals surface area contributed by atoms with Gasteiger partial charge in [0.1, 0.15) is 5.82 Å². The summed E-state index contributed by atoms with van der Waals surface area (Å²) in [6, 6.07) is 7.18. The number of nitrogens with one attached hydrogen (secondary N) is 1. The normalized spacial score (nSPS) is 17.5. The summed E-state index contributed by atoms with van der Waals surface area (Å²) in [4.78, 5) is 0. The maximum Gasteiger partial charge on any atom is 0.127 e. The molecule has 0 bridgehead atoms. The molecule has 1 nitrogen and oxygen atoms in total. The third kappa shape index (κ3) is 2.58. The van der Waals surface area contributed by atoms with E-state index in [0.29, 0.717) is 0 Å². The highest BCUT2D eigenvalue weighted by molar-refractivity contribution is 5.32. The van der Waals surface area contributed by atoms with Crippen LogP contribution >= 0.6 is 0 Å². The van der Waals surface area contributed by atoms with Gasteiger partial charge in [0, 0.05) is 12.0 Å². The van der Waals surface area contributed by atoms with Gasteiger partial charge in [0.25, 0.3) is 0 Å². The molecule has 0 atom stereocenters. The molecule has 1 aliphatic rings. The van der Waals surface area contributed by atoms with Crippen molar-refractivity contribution in [3.05, 3.63) is 47.8 Å². The van der Waals surface area contributed by atoms with Gasteiger partial charge >= 0.3 is 0 Å². The maximum atomic E-state index is 13.9. The highest BCUT2D eigenvalue weighted by Crippen LogP contribution is 2.37. The van der Waals surface area contributed by atoms with Crippen molar-refractivity contribution in [1.29, 1.82) is 0 Å². The van der Waals surface area contributed by atoms with Crippen LogP contribution in [-0.4, -0.2) is 13.1 Å². The van der Waals surface area contributed by atoms with Crippen molar-refractivity contribution in [3.8, 4) is 0 Å². The van der Waals surface area contributed by atoms with Gasteiger partial charge in [-0.25, -0.2) is 4.39 Å². The summed E-state index contributed by atoms with van der Waals surface area (Å²) in [5.41, 5.74) is 0.786. The Balaban J connectivity index is 2.19. The number of rotatable bonds is 5. The van der Waals surface area contributed by atoms with Gasteiger partial charge in [0.2, 0.25) is 0 Å². The number of allylic oxidation sites excluding steroid dienone is 2. The fourth-order valence-electron chi connectivity index (χ4n) is 2.56. The van der Waals surface area contributed by atoms with Crippen LogP contribution < -0.4 is 5.32 Å². The molecular weight excluding hydrogens is 213 g/mol. The van der Waals surface area contributed by atoms with Crippen molar-refractivity contribution in [2.45, 2.75) is 31.6 Å². The Kier molecular flexibility index (Phi) is 3.95. The van der Waals surface area contributed by atoms with Crippen LogP contribution in [0, 0.1) is 5.82 Å². The van der Waals surface area contributed by atoms with E-state index >= 15 is 0 Å². The molecule has 2 rings (SSSR count). The Morgan fingerprint density at radius 3 is 2.59 bits per heavy atom. The first-order chi connectivity index (χ1) is 8.28. The zero-order valence-corrected chi connectivity index (χ0v) is 10.4. The first-order valence-corrected chi connectivity index (χ1v) is 6.39. The Bertz CT molecular complexity index is 390. The summed E-state index contributed by atoms with van der Waals surface area (Å²) < 4.78 is 13.9. The molecule has 0 saturated carbocycles. The molecule has 0 fully saturated rings. The lowest BCUT2D eigenvalue weighted by molar-refractivity contribution is 0.400. The number of halogens is 1. The lowest BCUT2D eigenvalue weighted by atomic mass is 9.78. The van der Waals surface area contributed by atoms with Crippen molar-refractivity contribution in [3.63, 3.8) is 0 Å². The molecule has 0 aromatic heterocycles. The van der Waals surface area contributed by atoms with E-state index in [4.69, 9.17) is 0 Å². The summed E-state index contributed by atoms with van der Waals surface area (Å²) in [6.07, 6.45) is 7.32. The Morgan fingerprint density at radius 1 is 1.24 bits per heavy atom. The molecule has 0 radical (unpaired) electrons. The molecule has 2 heteroatoms. The predicted octanol–water partition coefficient (Wildman–Crippen LogP) is 3.41. The van der Waals surface area contributed by atoms with Gasteiger partial charge < -0.3 is 5.32 Å². The highest BCUT2D eigenvalue weighted by Gasteiger charge is 2.34. The lowest BCUT2D eigenvalue weighted by Crippen LogP contribution is -2.37. The van der Waals surface area contributed by atoms with Gasteiger partial charge in [0.15, 0.2) is 0 Å². The zero-order chi connectivity index (χ0) is 12.1. The van der Waals surface area contributed by atoms with Crippen LogP contribution in [0.1, 0.15) is 31.7 Å². The molecule has 0 saturated heterocycles. The molecule has 1 aromatic carbocycles. The van der Waals surface area contributed by atoms with Crippen molar-refractivity contribution in [1.82, 2.24) is 5.32 Å². The van der Waals surface area contributed by atoms with Crippen molar-refractivity contribution < 1.29 is 4.39 Å². The smallest absolute Gasteiger partial charge is 0.127 e. The number of benzene rings is 1. The van der Waals surface area contributed by atoms with Crippen LogP contribution in [0.3, 0.4) is 0 Å². The second-order valence-corrected chi connectivity index (χ2v) is 4.82. The van der Waals surface area contributed by atoms with Crippen LogP contribution in [0.5, 0.6) is 0 Å². The van der Waals surface area contributed by atoms with Crippen molar-refractivity contribution in [2.75, 3.05) is 13.1 Å². The van der Waals surface area contributed by atoms with Gasteiger partial charge in [-0.05, 0) is 37.4 Å². The average molecular weight is 233 g/mol. The van der Waals surface area contributed by atoms with E-state index in [9.17, 15) is 4.39 Å². The van der Waals surface area contributed by atoms with Crippen LogP contribution in [-0.2, 0) is 5.41 Å². The Morgan fingerprint density at radius 2 is 1.94 bits per heavy atom. The van der Waals surface area contributed by atoms with E-state index in [1.54, 1.807) is 12.1 Å². The number of hydrogen-bond acceptors (Lipinski definition) is 1. The molecule has 1 aromatic rings. The van der Waals surface area contributed by atoms with E-state index in [2.05, 4.69) is 24.4 Å². The van der Waals surface area contributed by atoms with Crippen LogP contribution in [0.25, 0.3) is 0 Å². The zero-order valence-electron chi connectivity index (χ0n) is 10.4. The summed E-state index contributed by atoms with van der Waals surface area (Å²) in [7, 11) is 0. The SMILES string of the molecule is CCCNCC1(c2ccccc2F)CC=CC1. The fourth-order valence-corrected chi connectivity index (χ4v) is 2.56. The number of hydrogen-bond donors (Lipinski definition) is 1. The predicted molar refractivity (Wildman–Crippen MR) is 69.6 cm³/mol. The second kappa shape index (κ2) is 5.46. The third-order valence-electron chi connectivity index (χ3n) is 3.52. The topological polar surface area (TPSA) is 12.0 Å². The molecule has 0 heterocycles. The van der Waals surface area contributed by atoms with Crippen LogP contribution in [0.15, 0.2) is 36.4 Å². The van der Waals surface area contributed by atoms with E-state index in [-0.39, 0.29) is 11.2 Å². The van der Waals surface area contributed by atoms with Crippen molar-refractivity contribution >= 4 is 0 Å². The Hall–Kier alpha value is -1.15. The molecule has 0 unspecified atom stereocenters. The standard InChI is InChI=1S/C15H20FN/c1-2-11-17-12-15(9-5-6-10-15)13-7-3-4-8-14(13)16/h3-8,17H,2,9-12H2,1H3. The van der Waals surface area contributed by atoms with Gasteiger partial charge in [-0.15, -0.1) is 0 Å². The minimum Gasteiger partial charge on any atom is -0.316 e. The summed E-state index contributed by atoms with van der Waals surface area (Å²) in [5, 5.41) is 3.44. The third-order valence-corrected chi connectivity index (χ3v) is 3.52. The van der Waals surface area contributed by atoms with Gasteiger partial charge in [0.05, 0.1) is 0 Å². The Labute approximate surface area is 103 Å². The fraction of sp³-hybridized carbons (Fsp3) is 0.467. The molecule has 1 aliphatic carbocycles. The van der Waals surface area contributed by atoms with Gasteiger partial charge in [-0.2, -0.15) is 0 Å². The van der Waals surface area contributed by atoms with E-state index in [1.165, 1.54) is 0 Å². The van der Waals surface area contributed by atoms with Gasteiger partial charge in [-0.1, -0.05) is 37.3 Å². The molecule has 92 valence electrons. The lowest BCUT2D eigenvalue weighted by Gasteiger charge is -2.30. The molecular formula is C15H20FN. The van der Waals surface area contributed by atoms with Gasteiger partial charge in [-0.3, -0.25) is 0 Å². The molecule has 0 spiro atoms. The molecule has 1 N–H and O–H groups in total. The van der Waals surface area contributed by atoms with E-state index in [1.807, 2.05) is 12.1 Å². The highest BCUT2D eigenvalue weighted by atomic mass is 19.1. The van der Waals surface area contributed by atoms with E-state index in [0.717, 1.165) is 37.9 Å². The first kappa shape index (κ1) is 12.3. The second-order valence-electron chi connectivity index (χ2n) is 4.82. The largest absolute Gasteiger partial charge is 0.316 e. The summed E-state index contributed by atoms with van der Waals surface area (Å²) in [5.74, 6) is -0.0745. The molecule has 0 amide bonds. The van der Waals surface area contributed by atoms with Crippen LogP contribution in [0.2, 0.25) is 0 Å². The average Bonchev–Trinajstić information content (AvgIpc) is 2.80. The quantitative estimate of drug-likeness (QED) is 0.607. The molecule has 17 heavy (non-hydrogen) atoms. The van der Waals surface area contributed by atoms with Crippen molar-refractivity contribution in [2.24, 2.45) is 0 Å². The maximum absolute atomic E-state index is 13.9. The monoisotopic (exact) mass is 233 g/mol. The summed E-state index contributed by atoms with van der Waals surface area (Å²) in [6.45, 7) is 4.00. The minimum atomic E-state index is -0.0745. The van der Waals surface area contributed by atoms with Crippen LogP contribution in [0.4, 0.5) is 4.39 Å². The summed E-state index contributed by atoms with van der Waals surface area (Å²) >= 11 is 0. The first-order valence-electron chi connectivity index (χ1n) is 6.39. The molecule has 0 aliphatic heterocycles. The minimum absolute atomic E-state index is 0.0689.